The SMILES string of the molecule is C=CCCN1/C(=C/C2=C(O)C(=C\C3=[N+](CCC=C)c4ccc(S(=O)(=O)O)cc4C3(C)C)/C2=O)C(C)(C)c2cc(S(=O)(=O)O)ccc21. The van der Waals surface area contributed by atoms with Crippen molar-refractivity contribution in [2.75, 3.05) is 18.0 Å². The lowest BCUT2D eigenvalue weighted by Crippen LogP contribution is -2.32. The highest BCUT2D eigenvalue weighted by molar-refractivity contribution is 7.86. The Labute approximate surface area is 269 Å². The quantitative estimate of drug-likeness (QED) is 0.125. The first-order valence-corrected chi connectivity index (χ1v) is 17.5. The van der Waals surface area contributed by atoms with Gasteiger partial charge in [0, 0.05) is 47.5 Å². The third kappa shape index (κ3) is 5.38. The van der Waals surface area contributed by atoms with E-state index in [4.69, 9.17) is 0 Å². The van der Waals surface area contributed by atoms with Crippen LogP contribution in [-0.4, -0.2) is 60.2 Å². The normalized spacial score (nSPS) is 20.3. The number of fused-ring (bicyclic) bond motifs is 2. The molecule has 0 saturated heterocycles. The minimum atomic E-state index is -4.45. The summed E-state index contributed by atoms with van der Waals surface area (Å²) in [5.74, 6) is -0.589. The van der Waals surface area contributed by atoms with E-state index in [0.717, 1.165) is 11.4 Å². The third-order valence-corrected chi connectivity index (χ3v) is 10.7. The summed E-state index contributed by atoms with van der Waals surface area (Å²) in [4.78, 5) is 15.2. The van der Waals surface area contributed by atoms with Crippen LogP contribution >= 0.6 is 0 Å². The lowest BCUT2D eigenvalue weighted by atomic mass is 9.77. The molecule has 242 valence electrons. The van der Waals surface area contributed by atoms with Crippen LogP contribution in [-0.2, 0) is 35.9 Å². The van der Waals surface area contributed by atoms with E-state index in [1.165, 1.54) is 24.3 Å². The fraction of sp³-hybridized carbons (Fsp3) is 0.294. The standard InChI is InChI=1S/C34H36N2O8S2/c1-7-9-15-35-27-13-11-21(45(39,40)41)17-25(27)33(3,4)29(35)19-23-31(37)24(32(23)38)20-30-34(5,6)26-18-22(46(42,43)44)12-14-28(26)36(30)16-10-8-2/h7-8,11-14,17-20H,1-2,9-10,15-16H2,3-6H3,(H2-,37,38,39,40,41,42,43,44)/p+1. The van der Waals surface area contributed by atoms with Gasteiger partial charge in [0.05, 0.1) is 26.4 Å². The van der Waals surface area contributed by atoms with Crippen molar-refractivity contribution in [3.63, 3.8) is 0 Å². The molecule has 0 atom stereocenters. The van der Waals surface area contributed by atoms with E-state index < -0.39 is 31.1 Å². The third-order valence-electron chi connectivity index (χ3n) is 9.00. The van der Waals surface area contributed by atoms with Crippen LogP contribution in [0.4, 0.5) is 11.4 Å². The molecule has 0 saturated carbocycles. The fourth-order valence-electron chi connectivity index (χ4n) is 6.46. The molecule has 0 unspecified atom stereocenters. The van der Waals surface area contributed by atoms with Crippen molar-refractivity contribution in [2.45, 2.75) is 61.2 Å². The van der Waals surface area contributed by atoms with E-state index in [9.17, 15) is 35.8 Å². The smallest absolute Gasteiger partial charge is 0.294 e. The van der Waals surface area contributed by atoms with E-state index >= 15 is 0 Å². The number of allylic oxidation sites excluding steroid dienone is 5. The average Bonchev–Trinajstić information content (AvgIpc) is 3.32. The molecule has 12 heteroatoms. The van der Waals surface area contributed by atoms with Gasteiger partial charge in [-0.05, 0) is 62.2 Å². The molecule has 0 spiro atoms. The average molecular weight is 666 g/mol. The zero-order chi connectivity index (χ0) is 34.0. The highest BCUT2D eigenvalue weighted by Gasteiger charge is 2.48. The molecule has 2 heterocycles. The molecule has 3 aliphatic rings. The molecule has 0 amide bonds. The molecule has 0 radical (unpaired) electrons. The van der Waals surface area contributed by atoms with Crippen molar-refractivity contribution in [1.29, 1.82) is 0 Å². The van der Waals surface area contributed by atoms with Crippen LogP contribution in [0.15, 0.2) is 106 Å². The molecular formula is C34H37N2O8S2+. The van der Waals surface area contributed by atoms with Gasteiger partial charge in [-0.1, -0.05) is 26.0 Å². The van der Waals surface area contributed by atoms with Gasteiger partial charge in [-0.15, -0.1) is 13.2 Å². The largest absolute Gasteiger partial charge is 0.506 e. The predicted molar refractivity (Wildman–Crippen MR) is 176 cm³/mol. The predicted octanol–water partition coefficient (Wildman–Crippen LogP) is 5.71. The Hall–Kier alpha value is -4.10. The number of carbonyl (C=O) groups is 1. The number of carbonyl (C=O) groups excluding carboxylic acids is 1. The summed E-state index contributed by atoms with van der Waals surface area (Å²) in [6.07, 6.45) is 7.92. The van der Waals surface area contributed by atoms with Gasteiger partial charge in [0.1, 0.15) is 5.76 Å². The molecule has 0 bridgehead atoms. The van der Waals surface area contributed by atoms with E-state index in [1.807, 2.05) is 37.2 Å². The maximum absolute atomic E-state index is 13.7. The first-order valence-electron chi connectivity index (χ1n) is 14.7. The van der Waals surface area contributed by atoms with Gasteiger partial charge in [-0.3, -0.25) is 13.9 Å². The van der Waals surface area contributed by atoms with Gasteiger partial charge >= 0.3 is 0 Å². The number of nitrogens with zero attached hydrogens (tertiary/aromatic N) is 2. The fourth-order valence-corrected chi connectivity index (χ4v) is 7.47. The molecule has 0 fully saturated rings. The van der Waals surface area contributed by atoms with E-state index in [0.29, 0.717) is 48.5 Å². The number of aliphatic hydroxyl groups excluding tert-OH is 1. The molecule has 10 nitrogen and oxygen atoms in total. The second-order valence-corrected chi connectivity index (χ2v) is 15.4. The number of aliphatic hydroxyl groups is 1. The van der Waals surface area contributed by atoms with Crippen molar-refractivity contribution in [3.05, 3.63) is 108 Å². The Morgan fingerprint density at radius 1 is 0.848 bits per heavy atom. The first-order chi connectivity index (χ1) is 21.3. The summed E-state index contributed by atoms with van der Waals surface area (Å²) in [7, 11) is -8.90. The summed E-state index contributed by atoms with van der Waals surface area (Å²) < 4.78 is 68.9. The number of anilines is 1. The van der Waals surface area contributed by atoms with Crippen LogP contribution in [0.5, 0.6) is 0 Å². The summed E-state index contributed by atoms with van der Waals surface area (Å²) in [5.41, 5.74) is 2.66. The van der Waals surface area contributed by atoms with Gasteiger partial charge < -0.3 is 10.0 Å². The van der Waals surface area contributed by atoms with Crippen molar-refractivity contribution in [2.24, 2.45) is 0 Å². The van der Waals surface area contributed by atoms with Crippen molar-refractivity contribution in [1.82, 2.24) is 0 Å². The molecule has 5 rings (SSSR count). The van der Waals surface area contributed by atoms with E-state index in [1.54, 1.807) is 36.4 Å². The Morgan fingerprint density at radius 2 is 1.43 bits per heavy atom. The van der Waals surface area contributed by atoms with E-state index in [2.05, 4.69) is 13.2 Å². The van der Waals surface area contributed by atoms with Crippen LogP contribution in [0.25, 0.3) is 0 Å². The molecular weight excluding hydrogens is 629 g/mol. The molecule has 2 aromatic rings. The molecule has 0 aromatic heterocycles. The summed E-state index contributed by atoms with van der Waals surface area (Å²) in [5, 5.41) is 11.3. The Bertz CT molecular complexity index is 2060. The maximum atomic E-state index is 13.7. The molecule has 2 aromatic carbocycles. The Morgan fingerprint density at radius 3 is 2.00 bits per heavy atom. The molecule has 3 N–H and O–H groups in total. The monoisotopic (exact) mass is 665 g/mol. The highest BCUT2D eigenvalue weighted by Crippen LogP contribution is 2.50. The number of rotatable bonds is 10. The van der Waals surface area contributed by atoms with Crippen LogP contribution in [0, 0.1) is 0 Å². The number of Topliss-reactive ketones (excluding diaryl/α,β-unsaturated/α-hetero) is 1. The maximum Gasteiger partial charge on any atom is 0.294 e. The molecule has 46 heavy (non-hydrogen) atoms. The lowest BCUT2D eigenvalue weighted by molar-refractivity contribution is -0.436. The first kappa shape index (κ1) is 33.3. The number of benzene rings is 2. The zero-order valence-corrected chi connectivity index (χ0v) is 27.7. The van der Waals surface area contributed by atoms with E-state index in [-0.39, 0.29) is 32.5 Å². The van der Waals surface area contributed by atoms with Crippen LogP contribution in [0.3, 0.4) is 0 Å². The second-order valence-electron chi connectivity index (χ2n) is 12.6. The zero-order valence-electron chi connectivity index (χ0n) is 26.1. The molecule has 2 aliphatic heterocycles. The summed E-state index contributed by atoms with van der Waals surface area (Å²) >= 11 is 0. The van der Waals surface area contributed by atoms with Crippen molar-refractivity contribution >= 4 is 43.1 Å². The minimum absolute atomic E-state index is 0.0981. The van der Waals surface area contributed by atoms with Crippen molar-refractivity contribution < 1.29 is 40.4 Å². The molecule has 1 aliphatic carbocycles. The topological polar surface area (TPSA) is 152 Å². The minimum Gasteiger partial charge on any atom is -0.506 e. The summed E-state index contributed by atoms with van der Waals surface area (Å²) in [6, 6.07) is 8.75. The van der Waals surface area contributed by atoms with Crippen LogP contribution in [0.2, 0.25) is 0 Å². The van der Waals surface area contributed by atoms with Gasteiger partial charge in [-0.25, -0.2) is 0 Å². The number of ketones is 1. The van der Waals surface area contributed by atoms with Gasteiger partial charge in [0.2, 0.25) is 11.5 Å². The van der Waals surface area contributed by atoms with Gasteiger partial charge in [-0.2, -0.15) is 21.4 Å². The Balaban J connectivity index is 1.61. The second kappa shape index (κ2) is 11.3. The highest BCUT2D eigenvalue weighted by atomic mass is 32.2. The number of hydrogen-bond donors (Lipinski definition) is 3. The van der Waals surface area contributed by atoms with Crippen molar-refractivity contribution in [3.8, 4) is 0 Å². The van der Waals surface area contributed by atoms with Crippen LogP contribution in [0.1, 0.15) is 51.7 Å². The summed E-state index contributed by atoms with van der Waals surface area (Å²) in [6.45, 7) is 16.1. The van der Waals surface area contributed by atoms with Crippen LogP contribution < -0.4 is 4.90 Å². The Kier molecular flexibility index (Phi) is 8.17. The van der Waals surface area contributed by atoms with Gasteiger partial charge in [0.25, 0.3) is 20.2 Å². The van der Waals surface area contributed by atoms with Gasteiger partial charge in [0.15, 0.2) is 12.3 Å². The number of hydrogen-bond acceptors (Lipinski definition) is 7. The lowest BCUT2D eigenvalue weighted by Gasteiger charge is -2.29.